The third-order valence-corrected chi connectivity index (χ3v) is 4.17. The molecule has 2 aromatic heterocycles. The summed E-state index contributed by atoms with van der Waals surface area (Å²) in [7, 11) is 2.03. The van der Waals surface area contributed by atoms with E-state index in [0.717, 1.165) is 18.8 Å². The fourth-order valence-corrected chi connectivity index (χ4v) is 2.69. The zero-order valence-electron chi connectivity index (χ0n) is 11.0. The lowest BCUT2D eigenvalue weighted by molar-refractivity contribution is 0.840. The SMILES string of the molecule is CSc1nc(NN)cc(N(C)CCc2cccs2)n1. The molecule has 0 aliphatic heterocycles. The summed E-state index contributed by atoms with van der Waals surface area (Å²) in [6.45, 7) is 0.912. The molecule has 2 heterocycles. The van der Waals surface area contributed by atoms with E-state index in [1.54, 1.807) is 11.3 Å². The third kappa shape index (κ3) is 3.82. The first-order valence-electron chi connectivity index (χ1n) is 5.86. The molecular formula is C12H17N5S2. The van der Waals surface area contributed by atoms with Crippen LogP contribution in [-0.4, -0.2) is 29.8 Å². The summed E-state index contributed by atoms with van der Waals surface area (Å²) in [4.78, 5) is 12.2. The number of nitrogens with one attached hydrogen (secondary N) is 1. The van der Waals surface area contributed by atoms with Gasteiger partial charge in [0.2, 0.25) is 0 Å². The molecule has 0 spiro atoms. The van der Waals surface area contributed by atoms with Crippen molar-refractivity contribution in [2.75, 3.05) is 30.2 Å². The van der Waals surface area contributed by atoms with Gasteiger partial charge in [0.25, 0.3) is 0 Å². The smallest absolute Gasteiger partial charge is 0.191 e. The maximum Gasteiger partial charge on any atom is 0.191 e. The van der Waals surface area contributed by atoms with Crippen molar-refractivity contribution < 1.29 is 0 Å². The first-order valence-corrected chi connectivity index (χ1v) is 7.96. The highest BCUT2D eigenvalue weighted by molar-refractivity contribution is 7.98. The Hall–Kier alpha value is -1.31. The third-order valence-electron chi connectivity index (χ3n) is 2.69. The lowest BCUT2D eigenvalue weighted by atomic mass is 10.3. The maximum absolute atomic E-state index is 5.43. The highest BCUT2D eigenvalue weighted by Gasteiger charge is 2.08. The van der Waals surface area contributed by atoms with Crippen molar-refractivity contribution in [3.8, 4) is 0 Å². The Bertz CT molecular complexity index is 493. The molecule has 102 valence electrons. The van der Waals surface area contributed by atoms with Gasteiger partial charge in [-0.2, -0.15) is 0 Å². The Balaban J connectivity index is 2.07. The fourth-order valence-electron chi connectivity index (χ4n) is 1.62. The molecule has 0 aromatic carbocycles. The van der Waals surface area contributed by atoms with Crippen molar-refractivity contribution in [3.63, 3.8) is 0 Å². The normalized spacial score (nSPS) is 10.5. The largest absolute Gasteiger partial charge is 0.359 e. The summed E-state index contributed by atoms with van der Waals surface area (Å²) in [5.74, 6) is 6.94. The number of likely N-dealkylation sites (N-methyl/N-ethyl adjacent to an activating group) is 1. The molecule has 0 radical (unpaired) electrons. The maximum atomic E-state index is 5.43. The van der Waals surface area contributed by atoms with Crippen molar-refractivity contribution >= 4 is 34.7 Å². The molecule has 0 aliphatic rings. The molecule has 2 aromatic rings. The summed E-state index contributed by atoms with van der Waals surface area (Å²) < 4.78 is 0. The number of nitrogens with two attached hydrogens (primary N) is 1. The van der Waals surface area contributed by atoms with Gasteiger partial charge >= 0.3 is 0 Å². The van der Waals surface area contributed by atoms with Gasteiger partial charge in [-0.25, -0.2) is 15.8 Å². The van der Waals surface area contributed by atoms with E-state index in [4.69, 9.17) is 5.84 Å². The number of hydrogen-bond acceptors (Lipinski definition) is 7. The Morgan fingerprint density at radius 2 is 2.32 bits per heavy atom. The van der Waals surface area contributed by atoms with Crippen LogP contribution in [0.15, 0.2) is 28.7 Å². The lowest BCUT2D eigenvalue weighted by Crippen LogP contribution is -2.22. The van der Waals surface area contributed by atoms with Gasteiger partial charge in [0, 0.05) is 24.5 Å². The van der Waals surface area contributed by atoms with Crippen molar-refractivity contribution in [1.82, 2.24) is 9.97 Å². The first kappa shape index (κ1) is 14.1. The van der Waals surface area contributed by atoms with E-state index in [-0.39, 0.29) is 0 Å². The van der Waals surface area contributed by atoms with Crippen LogP contribution in [0.25, 0.3) is 0 Å². The molecule has 19 heavy (non-hydrogen) atoms. The van der Waals surface area contributed by atoms with E-state index in [9.17, 15) is 0 Å². The average Bonchev–Trinajstić information content (AvgIpc) is 2.97. The summed E-state index contributed by atoms with van der Waals surface area (Å²) in [6, 6.07) is 6.08. The topological polar surface area (TPSA) is 67.1 Å². The number of rotatable bonds is 6. The van der Waals surface area contributed by atoms with E-state index in [0.29, 0.717) is 11.0 Å². The van der Waals surface area contributed by atoms with E-state index < -0.39 is 0 Å². The van der Waals surface area contributed by atoms with Crippen LogP contribution >= 0.6 is 23.1 Å². The monoisotopic (exact) mass is 295 g/mol. The number of hydrazine groups is 1. The van der Waals surface area contributed by atoms with E-state index in [1.165, 1.54) is 16.6 Å². The second kappa shape index (κ2) is 6.74. The molecule has 5 nitrogen and oxygen atoms in total. The fraction of sp³-hybridized carbons (Fsp3) is 0.333. The van der Waals surface area contributed by atoms with Crippen LogP contribution in [0.5, 0.6) is 0 Å². The Morgan fingerprint density at radius 3 is 2.95 bits per heavy atom. The predicted octanol–water partition coefficient (Wildman–Crippen LogP) is 2.22. The lowest BCUT2D eigenvalue weighted by Gasteiger charge is -2.18. The van der Waals surface area contributed by atoms with Gasteiger partial charge in [0.05, 0.1) is 0 Å². The molecule has 0 aliphatic carbocycles. The summed E-state index contributed by atoms with van der Waals surface area (Å²) >= 11 is 3.28. The summed E-state index contributed by atoms with van der Waals surface area (Å²) in [5, 5.41) is 2.82. The van der Waals surface area contributed by atoms with Crippen LogP contribution in [0.1, 0.15) is 4.88 Å². The Kier molecular flexibility index (Phi) is 5.00. The minimum Gasteiger partial charge on any atom is -0.359 e. The number of thiophene rings is 1. The minimum atomic E-state index is 0.636. The van der Waals surface area contributed by atoms with Crippen LogP contribution in [0.4, 0.5) is 11.6 Å². The van der Waals surface area contributed by atoms with Gasteiger partial charge in [-0.05, 0) is 24.1 Å². The van der Waals surface area contributed by atoms with Crippen molar-refractivity contribution in [1.29, 1.82) is 0 Å². The molecule has 7 heteroatoms. The Morgan fingerprint density at radius 1 is 1.47 bits per heavy atom. The van der Waals surface area contributed by atoms with Crippen LogP contribution in [0.3, 0.4) is 0 Å². The standard InChI is InChI=1S/C12H17N5S2/c1-17(6-5-9-4-3-7-19-9)11-8-10(16-13)14-12(15-11)18-2/h3-4,7-8H,5-6,13H2,1-2H3,(H,14,15,16). The second-order valence-corrected chi connectivity index (χ2v) is 5.80. The molecule has 0 fully saturated rings. The van der Waals surface area contributed by atoms with Gasteiger partial charge in [0.1, 0.15) is 11.6 Å². The average molecular weight is 295 g/mol. The number of anilines is 2. The zero-order valence-corrected chi connectivity index (χ0v) is 12.6. The molecule has 0 unspecified atom stereocenters. The van der Waals surface area contributed by atoms with Gasteiger partial charge < -0.3 is 10.3 Å². The van der Waals surface area contributed by atoms with Gasteiger partial charge in [-0.15, -0.1) is 11.3 Å². The number of nitrogen functional groups attached to an aromatic ring is 1. The van der Waals surface area contributed by atoms with E-state index >= 15 is 0 Å². The highest BCUT2D eigenvalue weighted by Crippen LogP contribution is 2.19. The first-order chi connectivity index (χ1) is 9.22. The zero-order chi connectivity index (χ0) is 13.7. The van der Waals surface area contributed by atoms with Gasteiger partial charge in [0.15, 0.2) is 5.16 Å². The van der Waals surface area contributed by atoms with Gasteiger partial charge in [-0.3, -0.25) is 0 Å². The number of thioether (sulfide) groups is 1. The van der Waals surface area contributed by atoms with E-state index in [2.05, 4.69) is 37.8 Å². The van der Waals surface area contributed by atoms with Crippen molar-refractivity contribution in [2.45, 2.75) is 11.6 Å². The molecule has 0 bridgehead atoms. The second-order valence-electron chi connectivity index (χ2n) is 3.99. The molecule has 2 rings (SSSR count). The molecular weight excluding hydrogens is 278 g/mol. The van der Waals surface area contributed by atoms with Crippen molar-refractivity contribution in [3.05, 3.63) is 28.5 Å². The van der Waals surface area contributed by atoms with Crippen LogP contribution < -0.4 is 16.2 Å². The van der Waals surface area contributed by atoms with E-state index in [1.807, 2.05) is 19.4 Å². The predicted molar refractivity (Wildman–Crippen MR) is 82.9 cm³/mol. The summed E-state index contributed by atoms with van der Waals surface area (Å²) in [6.07, 6.45) is 2.96. The molecule has 0 saturated carbocycles. The minimum absolute atomic E-state index is 0.636. The van der Waals surface area contributed by atoms with Gasteiger partial charge in [-0.1, -0.05) is 17.8 Å². The summed E-state index contributed by atoms with van der Waals surface area (Å²) in [5.41, 5.74) is 2.58. The number of aromatic nitrogens is 2. The van der Waals surface area contributed by atoms with Crippen LogP contribution in [0, 0.1) is 0 Å². The van der Waals surface area contributed by atoms with Crippen molar-refractivity contribution in [2.24, 2.45) is 5.84 Å². The quantitative estimate of drug-likeness (QED) is 0.369. The highest BCUT2D eigenvalue weighted by atomic mass is 32.2. The molecule has 0 amide bonds. The number of hydrogen-bond donors (Lipinski definition) is 2. The molecule has 3 N–H and O–H groups in total. The van der Waals surface area contributed by atoms with Crippen LogP contribution in [-0.2, 0) is 6.42 Å². The molecule has 0 saturated heterocycles. The molecule has 0 atom stereocenters. The van der Waals surface area contributed by atoms with Crippen LogP contribution in [0.2, 0.25) is 0 Å². The Labute approximate surface area is 121 Å². The number of nitrogens with zero attached hydrogens (tertiary/aromatic N) is 3.